The van der Waals surface area contributed by atoms with E-state index in [1.165, 1.54) is 32.2 Å². The third-order valence-electron chi connectivity index (χ3n) is 2.34. The second kappa shape index (κ2) is 4.40. The maximum absolute atomic E-state index is 11.5. The Morgan fingerprint density at radius 3 is 2.72 bits per heavy atom. The molecule has 6 heteroatoms. The number of benzene rings is 1. The molecule has 1 amide bonds. The summed E-state index contributed by atoms with van der Waals surface area (Å²) in [4.78, 5) is 22.5. The first-order valence-corrected chi connectivity index (χ1v) is 5.13. The van der Waals surface area contributed by atoms with Crippen LogP contribution < -0.4 is 15.7 Å². The van der Waals surface area contributed by atoms with Gasteiger partial charge in [0.2, 0.25) is 5.91 Å². The molecule has 1 heterocycles. The van der Waals surface area contributed by atoms with Gasteiger partial charge >= 0.3 is 5.63 Å². The van der Waals surface area contributed by atoms with E-state index in [0.717, 1.165) is 0 Å². The zero-order valence-corrected chi connectivity index (χ0v) is 9.81. The lowest BCUT2D eigenvalue weighted by molar-refractivity contribution is -0.114. The monoisotopic (exact) mass is 249 g/mol. The van der Waals surface area contributed by atoms with Crippen molar-refractivity contribution in [3.8, 4) is 11.5 Å². The molecule has 0 spiro atoms. The van der Waals surface area contributed by atoms with Gasteiger partial charge in [0.15, 0.2) is 11.5 Å². The molecule has 0 aliphatic carbocycles. The van der Waals surface area contributed by atoms with Crippen molar-refractivity contribution < 1.29 is 19.1 Å². The second-order valence-corrected chi connectivity index (χ2v) is 3.69. The first kappa shape index (κ1) is 12.0. The number of fused-ring (bicyclic) bond motifs is 1. The van der Waals surface area contributed by atoms with Crippen molar-refractivity contribution >= 4 is 22.6 Å². The number of hydrogen-bond acceptors (Lipinski definition) is 5. The number of methoxy groups -OCH3 is 1. The minimum atomic E-state index is -0.678. The number of anilines is 1. The number of amides is 1. The van der Waals surface area contributed by atoms with E-state index in [4.69, 9.17) is 9.15 Å². The molecule has 1 aromatic heterocycles. The Balaban J connectivity index is 2.65. The Hall–Kier alpha value is -2.50. The number of carbonyl (C=O) groups is 1. The van der Waals surface area contributed by atoms with E-state index in [0.29, 0.717) is 5.39 Å². The first-order chi connectivity index (χ1) is 8.51. The number of aromatic hydroxyl groups is 1. The van der Waals surface area contributed by atoms with Crippen LogP contribution in [0.4, 0.5) is 5.69 Å². The summed E-state index contributed by atoms with van der Waals surface area (Å²) in [7, 11) is 1.41. The van der Waals surface area contributed by atoms with Gasteiger partial charge < -0.3 is 19.6 Å². The van der Waals surface area contributed by atoms with Crippen molar-refractivity contribution in [1.82, 2.24) is 0 Å². The van der Waals surface area contributed by atoms with Crippen LogP contribution in [-0.4, -0.2) is 18.1 Å². The van der Waals surface area contributed by atoms with Gasteiger partial charge in [-0.2, -0.15) is 0 Å². The van der Waals surface area contributed by atoms with Crippen molar-refractivity contribution in [2.45, 2.75) is 6.92 Å². The van der Waals surface area contributed by atoms with E-state index >= 15 is 0 Å². The number of nitrogens with one attached hydrogen (secondary N) is 1. The summed E-state index contributed by atoms with van der Waals surface area (Å²) in [6.45, 7) is 1.29. The van der Waals surface area contributed by atoms with Crippen LogP contribution in [0.2, 0.25) is 0 Å². The highest BCUT2D eigenvalue weighted by molar-refractivity contribution is 5.91. The number of rotatable bonds is 2. The Labute approximate surface area is 102 Å². The molecular formula is C12H11NO5. The van der Waals surface area contributed by atoms with Crippen LogP contribution in [0.25, 0.3) is 11.0 Å². The number of ether oxygens (including phenoxy) is 1. The molecule has 0 bridgehead atoms. The number of carbonyl (C=O) groups excluding carboxylic acids is 1. The van der Waals surface area contributed by atoms with Gasteiger partial charge in [-0.05, 0) is 12.1 Å². The summed E-state index contributed by atoms with van der Waals surface area (Å²) in [5.41, 5.74) is -0.419. The Morgan fingerprint density at radius 1 is 1.39 bits per heavy atom. The number of phenols is 1. The van der Waals surface area contributed by atoms with Crippen LogP contribution in [0.1, 0.15) is 6.92 Å². The summed E-state index contributed by atoms with van der Waals surface area (Å²) in [6, 6.07) is 4.26. The van der Waals surface area contributed by atoms with Crippen LogP contribution in [0, 0.1) is 0 Å². The highest BCUT2D eigenvalue weighted by atomic mass is 16.5. The maximum Gasteiger partial charge on any atom is 0.360 e. The zero-order valence-electron chi connectivity index (χ0n) is 9.81. The molecule has 18 heavy (non-hydrogen) atoms. The lowest BCUT2D eigenvalue weighted by Gasteiger charge is -2.06. The summed E-state index contributed by atoms with van der Waals surface area (Å²) in [6.07, 6.45) is 0. The molecule has 0 aliphatic heterocycles. The van der Waals surface area contributed by atoms with Crippen LogP contribution in [0.15, 0.2) is 27.4 Å². The molecule has 0 radical (unpaired) electrons. The molecule has 2 rings (SSSR count). The van der Waals surface area contributed by atoms with Crippen LogP contribution >= 0.6 is 0 Å². The lowest BCUT2D eigenvalue weighted by Crippen LogP contribution is -2.14. The average molecular weight is 249 g/mol. The maximum atomic E-state index is 11.5. The van der Waals surface area contributed by atoms with Crippen molar-refractivity contribution in [1.29, 1.82) is 0 Å². The van der Waals surface area contributed by atoms with E-state index in [2.05, 4.69) is 5.32 Å². The van der Waals surface area contributed by atoms with Crippen molar-refractivity contribution in [3.05, 3.63) is 28.6 Å². The van der Waals surface area contributed by atoms with Gasteiger partial charge in [-0.25, -0.2) is 4.79 Å². The van der Waals surface area contributed by atoms with Gasteiger partial charge in [-0.3, -0.25) is 4.79 Å². The van der Waals surface area contributed by atoms with Gasteiger partial charge in [0.25, 0.3) is 0 Å². The van der Waals surface area contributed by atoms with Crippen LogP contribution in [0.3, 0.4) is 0 Å². The SMILES string of the molecule is COc1cc2cc(NC(C)=O)c(=O)oc2cc1O. The first-order valence-electron chi connectivity index (χ1n) is 5.13. The quantitative estimate of drug-likeness (QED) is 0.786. The molecule has 0 aliphatic rings. The fraction of sp³-hybridized carbons (Fsp3) is 0.167. The molecule has 0 fully saturated rings. The third-order valence-corrected chi connectivity index (χ3v) is 2.34. The molecular weight excluding hydrogens is 238 g/mol. The standard InChI is InChI=1S/C12H11NO5/c1-6(14)13-8-3-7-4-11(17-2)9(15)5-10(7)18-12(8)16/h3-5,15H,1-2H3,(H,13,14). The molecule has 0 unspecified atom stereocenters. The molecule has 2 aromatic rings. The lowest BCUT2D eigenvalue weighted by atomic mass is 10.2. The normalized spacial score (nSPS) is 10.3. The predicted octanol–water partition coefficient (Wildman–Crippen LogP) is 1.47. The van der Waals surface area contributed by atoms with Gasteiger partial charge in [-0.15, -0.1) is 0 Å². The average Bonchev–Trinajstić information content (AvgIpc) is 2.29. The molecule has 0 saturated carbocycles. The van der Waals surface area contributed by atoms with Crippen molar-refractivity contribution in [2.24, 2.45) is 0 Å². The number of phenolic OH excluding ortho intramolecular Hbond substituents is 1. The minimum Gasteiger partial charge on any atom is -0.504 e. The van der Waals surface area contributed by atoms with Gasteiger partial charge in [0.1, 0.15) is 11.3 Å². The molecule has 2 N–H and O–H groups in total. The van der Waals surface area contributed by atoms with Crippen LogP contribution in [0.5, 0.6) is 11.5 Å². The van der Waals surface area contributed by atoms with E-state index in [9.17, 15) is 14.7 Å². The second-order valence-electron chi connectivity index (χ2n) is 3.69. The van der Waals surface area contributed by atoms with Crippen molar-refractivity contribution in [3.63, 3.8) is 0 Å². The summed E-state index contributed by atoms with van der Waals surface area (Å²) in [5, 5.41) is 12.5. The minimum absolute atomic E-state index is 0.0442. The van der Waals surface area contributed by atoms with Crippen molar-refractivity contribution in [2.75, 3.05) is 12.4 Å². The topological polar surface area (TPSA) is 88.8 Å². The molecule has 1 aromatic carbocycles. The van der Waals surface area contributed by atoms with E-state index < -0.39 is 5.63 Å². The molecule has 0 saturated heterocycles. The summed E-state index contributed by atoms with van der Waals surface area (Å²) >= 11 is 0. The highest BCUT2D eigenvalue weighted by Crippen LogP contribution is 2.31. The van der Waals surface area contributed by atoms with Gasteiger partial charge in [0, 0.05) is 18.4 Å². The molecule has 0 atom stereocenters. The predicted molar refractivity (Wildman–Crippen MR) is 65.0 cm³/mol. The highest BCUT2D eigenvalue weighted by Gasteiger charge is 2.10. The Bertz CT molecular complexity index is 674. The summed E-state index contributed by atoms with van der Waals surface area (Å²) in [5.74, 6) is -0.238. The third kappa shape index (κ3) is 2.13. The Morgan fingerprint density at radius 2 is 2.11 bits per heavy atom. The van der Waals surface area contributed by atoms with E-state index in [-0.39, 0.29) is 28.7 Å². The van der Waals surface area contributed by atoms with Gasteiger partial charge in [-0.1, -0.05) is 0 Å². The zero-order chi connectivity index (χ0) is 13.3. The fourth-order valence-electron chi connectivity index (χ4n) is 1.58. The Kier molecular flexibility index (Phi) is 2.93. The molecule has 6 nitrogen and oxygen atoms in total. The number of hydrogen-bond donors (Lipinski definition) is 2. The largest absolute Gasteiger partial charge is 0.504 e. The fourth-order valence-corrected chi connectivity index (χ4v) is 1.58. The molecule has 94 valence electrons. The van der Waals surface area contributed by atoms with Gasteiger partial charge in [0.05, 0.1) is 7.11 Å². The van der Waals surface area contributed by atoms with E-state index in [1.807, 2.05) is 0 Å². The summed E-state index contributed by atoms with van der Waals surface area (Å²) < 4.78 is 9.94. The van der Waals surface area contributed by atoms with E-state index in [1.54, 1.807) is 0 Å². The smallest absolute Gasteiger partial charge is 0.360 e. The van der Waals surface area contributed by atoms with Crippen LogP contribution in [-0.2, 0) is 4.79 Å².